The van der Waals surface area contributed by atoms with E-state index >= 15 is 0 Å². The van der Waals surface area contributed by atoms with Gasteiger partial charge in [0.05, 0.1) is 0 Å². The molecule has 14 heavy (non-hydrogen) atoms. The summed E-state index contributed by atoms with van der Waals surface area (Å²) in [6, 6.07) is 0. The van der Waals surface area contributed by atoms with Gasteiger partial charge >= 0.3 is 0 Å². The molecular formula is C12H25NO. The summed E-state index contributed by atoms with van der Waals surface area (Å²) in [7, 11) is 0. The number of nitrogens with one attached hydrogen (secondary N) is 1. The molecule has 2 atom stereocenters. The molecule has 2 nitrogen and oxygen atoms in total. The van der Waals surface area contributed by atoms with Crippen LogP contribution in [0.15, 0.2) is 0 Å². The van der Waals surface area contributed by atoms with Gasteiger partial charge in [0.2, 0.25) is 0 Å². The quantitative estimate of drug-likeness (QED) is 0.578. The number of aldehydes is 1. The fourth-order valence-electron chi connectivity index (χ4n) is 1.51. The van der Waals surface area contributed by atoms with Crippen molar-refractivity contribution in [3.05, 3.63) is 0 Å². The second-order valence-corrected chi connectivity index (χ2v) is 4.19. The fraction of sp³-hybridized carbons (Fsp3) is 0.917. The van der Waals surface area contributed by atoms with E-state index in [2.05, 4.69) is 19.2 Å². The lowest BCUT2D eigenvalue weighted by Gasteiger charge is -2.15. The van der Waals surface area contributed by atoms with Crippen molar-refractivity contribution in [2.75, 3.05) is 13.1 Å². The Morgan fingerprint density at radius 2 is 2.00 bits per heavy atom. The van der Waals surface area contributed by atoms with E-state index < -0.39 is 0 Å². The highest BCUT2D eigenvalue weighted by atomic mass is 16.1. The van der Waals surface area contributed by atoms with E-state index in [4.69, 9.17) is 0 Å². The van der Waals surface area contributed by atoms with Gasteiger partial charge in [-0.1, -0.05) is 40.0 Å². The topological polar surface area (TPSA) is 29.1 Å². The molecule has 0 spiro atoms. The first-order valence-electron chi connectivity index (χ1n) is 5.90. The van der Waals surface area contributed by atoms with E-state index in [9.17, 15) is 4.79 Å². The van der Waals surface area contributed by atoms with Gasteiger partial charge in [0.15, 0.2) is 0 Å². The largest absolute Gasteiger partial charge is 0.316 e. The number of carbonyl (C=O) groups excluding carboxylic acids is 1. The summed E-state index contributed by atoms with van der Waals surface area (Å²) in [6.45, 7) is 8.31. The van der Waals surface area contributed by atoms with Crippen molar-refractivity contribution in [1.29, 1.82) is 0 Å². The van der Waals surface area contributed by atoms with E-state index in [0.29, 0.717) is 0 Å². The van der Waals surface area contributed by atoms with Crippen molar-refractivity contribution in [1.82, 2.24) is 5.32 Å². The highest BCUT2D eigenvalue weighted by Gasteiger charge is 2.06. The standard InChI is InChI=1S/C12H25NO/c1-4-6-7-12(5-2)9-13-8-11(3)10-14/h10-13H,4-9H2,1-3H3. The Kier molecular flexibility index (Phi) is 8.95. The van der Waals surface area contributed by atoms with Gasteiger partial charge in [0.1, 0.15) is 6.29 Å². The maximum absolute atomic E-state index is 10.4. The summed E-state index contributed by atoms with van der Waals surface area (Å²) >= 11 is 0. The molecule has 84 valence electrons. The predicted octanol–water partition coefficient (Wildman–Crippen LogP) is 2.63. The summed E-state index contributed by atoms with van der Waals surface area (Å²) in [5.41, 5.74) is 0. The van der Waals surface area contributed by atoms with Crippen molar-refractivity contribution in [3.8, 4) is 0 Å². The first-order valence-corrected chi connectivity index (χ1v) is 5.90. The third-order valence-electron chi connectivity index (χ3n) is 2.67. The first kappa shape index (κ1) is 13.6. The van der Waals surface area contributed by atoms with Crippen LogP contribution in [-0.4, -0.2) is 19.4 Å². The van der Waals surface area contributed by atoms with E-state index in [1.807, 2.05) is 6.92 Å². The number of hydrogen-bond acceptors (Lipinski definition) is 2. The Bertz CT molecular complexity index is 136. The van der Waals surface area contributed by atoms with E-state index in [1.54, 1.807) is 0 Å². The second-order valence-electron chi connectivity index (χ2n) is 4.19. The Balaban J connectivity index is 3.46. The van der Waals surface area contributed by atoms with Crippen LogP contribution in [0.1, 0.15) is 46.5 Å². The number of hydrogen-bond donors (Lipinski definition) is 1. The molecule has 0 aromatic carbocycles. The third-order valence-corrected chi connectivity index (χ3v) is 2.67. The van der Waals surface area contributed by atoms with Crippen LogP contribution in [0.3, 0.4) is 0 Å². The highest BCUT2D eigenvalue weighted by Crippen LogP contribution is 2.11. The zero-order valence-electron chi connectivity index (χ0n) is 9.88. The minimum absolute atomic E-state index is 0.152. The van der Waals surface area contributed by atoms with E-state index in [-0.39, 0.29) is 5.92 Å². The van der Waals surface area contributed by atoms with Crippen LogP contribution in [0, 0.1) is 11.8 Å². The smallest absolute Gasteiger partial charge is 0.124 e. The number of carbonyl (C=O) groups is 1. The van der Waals surface area contributed by atoms with E-state index in [0.717, 1.165) is 25.3 Å². The Morgan fingerprint density at radius 3 is 2.50 bits per heavy atom. The van der Waals surface area contributed by atoms with Crippen LogP contribution in [0.25, 0.3) is 0 Å². The van der Waals surface area contributed by atoms with Gasteiger partial charge in [0.25, 0.3) is 0 Å². The summed E-state index contributed by atoms with van der Waals surface area (Å²) in [5.74, 6) is 0.937. The molecule has 0 aliphatic heterocycles. The van der Waals surface area contributed by atoms with Crippen LogP contribution in [-0.2, 0) is 4.79 Å². The van der Waals surface area contributed by atoms with Crippen LogP contribution in [0.4, 0.5) is 0 Å². The molecule has 0 radical (unpaired) electrons. The molecule has 2 unspecified atom stereocenters. The summed E-state index contributed by atoms with van der Waals surface area (Å²) in [6.07, 6.45) is 6.17. The Morgan fingerprint density at radius 1 is 1.29 bits per heavy atom. The maximum atomic E-state index is 10.4. The minimum Gasteiger partial charge on any atom is -0.316 e. The SMILES string of the molecule is CCCCC(CC)CNCC(C)C=O. The summed E-state index contributed by atoms with van der Waals surface area (Å²) in [5, 5.41) is 3.36. The maximum Gasteiger partial charge on any atom is 0.124 e. The van der Waals surface area contributed by atoms with Crippen LogP contribution in [0.5, 0.6) is 0 Å². The van der Waals surface area contributed by atoms with Crippen molar-refractivity contribution in [2.45, 2.75) is 46.5 Å². The van der Waals surface area contributed by atoms with Crippen molar-refractivity contribution >= 4 is 6.29 Å². The molecule has 0 heterocycles. The van der Waals surface area contributed by atoms with Gasteiger partial charge in [-0.15, -0.1) is 0 Å². The molecule has 1 N–H and O–H groups in total. The van der Waals surface area contributed by atoms with Gasteiger partial charge in [0, 0.05) is 12.5 Å². The van der Waals surface area contributed by atoms with Gasteiger partial charge in [-0.3, -0.25) is 0 Å². The molecule has 0 aliphatic rings. The van der Waals surface area contributed by atoms with E-state index in [1.165, 1.54) is 25.7 Å². The molecule has 0 amide bonds. The lowest BCUT2D eigenvalue weighted by Crippen LogP contribution is -2.27. The minimum atomic E-state index is 0.152. The normalized spacial score (nSPS) is 15.1. The number of rotatable bonds is 9. The average molecular weight is 199 g/mol. The predicted molar refractivity (Wildman–Crippen MR) is 61.4 cm³/mol. The number of unbranched alkanes of at least 4 members (excludes halogenated alkanes) is 1. The molecule has 0 aromatic heterocycles. The molecule has 0 fully saturated rings. The zero-order valence-corrected chi connectivity index (χ0v) is 9.88. The Hall–Kier alpha value is -0.370. The molecule has 0 saturated carbocycles. The van der Waals surface area contributed by atoms with Crippen LogP contribution >= 0.6 is 0 Å². The third kappa shape index (κ3) is 7.07. The summed E-state index contributed by atoms with van der Waals surface area (Å²) < 4.78 is 0. The molecule has 0 saturated heterocycles. The average Bonchev–Trinajstić information content (AvgIpc) is 2.22. The van der Waals surface area contributed by atoms with Crippen LogP contribution in [0.2, 0.25) is 0 Å². The fourth-order valence-corrected chi connectivity index (χ4v) is 1.51. The van der Waals surface area contributed by atoms with Gasteiger partial charge in [-0.05, 0) is 18.9 Å². The van der Waals surface area contributed by atoms with Gasteiger partial charge < -0.3 is 10.1 Å². The van der Waals surface area contributed by atoms with Crippen molar-refractivity contribution in [2.24, 2.45) is 11.8 Å². The lowest BCUT2D eigenvalue weighted by molar-refractivity contribution is -0.110. The highest BCUT2D eigenvalue weighted by molar-refractivity contribution is 5.52. The monoisotopic (exact) mass is 199 g/mol. The van der Waals surface area contributed by atoms with Crippen molar-refractivity contribution < 1.29 is 4.79 Å². The molecule has 0 aromatic rings. The molecule has 0 rings (SSSR count). The molecule has 0 bridgehead atoms. The summed E-state index contributed by atoms with van der Waals surface area (Å²) in [4.78, 5) is 10.4. The lowest BCUT2D eigenvalue weighted by atomic mass is 9.99. The molecular weight excluding hydrogens is 174 g/mol. The van der Waals surface area contributed by atoms with Crippen molar-refractivity contribution in [3.63, 3.8) is 0 Å². The zero-order chi connectivity index (χ0) is 10.8. The first-order chi connectivity index (χ1) is 6.74. The molecule has 0 aliphatic carbocycles. The molecule has 2 heteroatoms. The van der Waals surface area contributed by atoms with Gasteiger partial charge in [-0.2, -0.15) is 0 Å². The second kappa shape index (κ2) is 9.20. The Labute approximate surface area is 88.5 Å². The van der Waals surface area contributed by atoms with Crippen LogP contribution < -0.4 is 5.32 Å². The van der Waals surface area contributed by atoms with Gasteiger partial charge in [-0.25, -0.2) is 0 Å².